The second kappa shape index (κ2) is 9.34. The number of rotatable bonds is 7. The van der Waals surface area contributed by atoms with Gasteiger partial charge in [0.25, 0.3) is 0 Å². The van der Waals surface area contributed by atoms with E-state index in [1.54, 1.807) is 47.2 Å². The van der Waals surface area contributed by atoms with Gasteiger partial charge in [-0.1, -0.05) is 23.7 Å². The number of hydrogen-bond acceptors (Lipinski definition) is 6. The Bertz CT molecular complexity index is 1280. The van der Waals surface area contributed by atoms with Gasteiger partial charge < -0.3 is 23.3 Å². The zero-order valence-corrected chi connectivity index (χ0v) is 19.5. The predicted octanol–water partition coefficient (Wildman–Crippen LogP) is 4.77. The minimum absolute atomic E-state index is 0.0865. The largest absolute Gasteiger partial charge is 0.748 e. The number of nitrogens with zero attached hydrogens (tertiary/aromatic N) is 1. The van der Waals surface area contributed by atoms with E-state index in [0.29, 0.717) is 28.3 Å². The third kappa shape index (κ3) is 4.72. The molecule has 0 N–H and O–H groups in total. The molecule has 0 saturated carbocycles. The number of para-hydroxylation sites is 1. The van der Waals surface area contributed by atoms with E-state index >= 15 is 4.39 Å². The van der Waals surface area contributed by atoms with Gasteiger partial charge in [0.2, 0.25) is 0 Å². The highest BCUT2D eigenvalue weighted by Crippen LogP contribution is 2.47. The molecule has 0 aliphatic carbocycles. The Hall–Kier alpha value is -2.59. The van der Waals surface area contributed by atoms with Crippen molar-refractivity contribution in [2.24, 2.45) is 0 Å². The molecule has 2 atom stereocenters. The lowest BCUT2D eigenvalue weighted by Gasteiger charge is -2.25. The topological polar surface area (TPSA) is 89.8 Å². The van der Waals surface area contributed by atoms with Crippen LogP contribution in [0.25, 0.3) is 5.69 Å². The van der Waals surface area contributed by atoms with E-state index < -0.39 is 33.9 Å². The normalized spacial score (nSPS) is 17.7. The zero-order valence-electron chi connectivity index (χ0n) is 18.0. The third-order valence-electron chi connectivity index (χ3n) is 5.57. The molecule has 0 fully saturated rings. The molecule has 0 spiro atoms. The van der Waals surface area contributed by atoms with Gasteiger partial charge in [0.1, 0.15) is 11.9 Å². The van der Waals surface area contributed by atoms with Crippen molar-refractivity contribution >= 4 is 21.7 Å². The fourth-order valence-electron chi connectivity index (χ4n) is 4.23. The van der Waals surface area contributed by atoms with Gasteiger partial charge in [0, 0.05) is 28.1 Å². The zero-order chi connectivity index (χ0) is 23.8. The standard InChI is InChI=1S/C23H23ClFNO6S/c1-30-20-8-3-6-15(23(20)31-2)22-16-12-14(24)13-17(25)21(16)26-10-4-7-18(26)19(32-22)9-5-11-33(27,28)29/h3-4,6-8,10,12-13,19,22H,5,9,11H2,1-2H3,(H,27,28,29)/p-1/t19-,22-/m1/s1. The number of methoxy groups -OCH3 is 2. The van der Waals surface area contributed by atoms with Crippen molar-refractivity contribution < 1.29 is 31.6 Å². The van der Waals surface area contributed by atoms with Crippen LogP contribution in [0.1, 0.15) is 41.9 Å². The number of ether oxygens (including phenoxy) is 3. The summed E-state index contributed by atoms with van der Waals surface area (Å²) in [5, 5.41) is 0.200. The Balaban J connectivity index is 1.89. The van der Waals surface area contributed by atoms with Crippen molar-refractivity contribution in [1.29, 1.82) is 0 Å². The molecule has 3 aromatic rings. The fourth-order valence-corrected chi connectivity index (χ4v) is 4.96. The predicted molar refractivity (Wildman–Crippen MR) is 120 cm³/mol. The van der Waals surface area contributed by atoms with Crippen LogP contribution in [0.4, 0.5) is 4.39 Å². The van der Waals surface area contributed by atoms with Crippen LogP contribution in [-0.2, 0) is 14.9 Å². The Labute approximate surface area is 196 Å². The summed E-state index contributed by atoms with van der Waals surface area (Å²) < 4.78 is 67.9. The molecule has 7 nitrogen and oxygen atoms in total. The molecule has 0 bridgehead atoms. The van der Waals surface area contributed by atoms with Crippen LogP contribution in [0.5, 0.6) is 11.5 Å². The molecule has 1 aromatic heterocycles. The Kier molecular flexibility index (Phi) is 6.67. The molecular weight excluding hydrogens is 473 g/mol. The van der Waals surface area contributed by atoms with Gasteiger partial charge in [-0.25, -0.2) is 12.8 Å². The fraction of sp³-hybridized carbons (Fsp3) is 0.304. The van der Waals surface area contributed by atoms with Crippen molar-refractivity contribution in [3.8, 4) is 17.2 Å². The van der Waals surface area contributed by atoms with E-state index in [1.165, 1.54) is 20.3 Å². The second-order valence-corrected chi connectivity index (χ2v) is 9.58. The highest BCUT2D eigenvalue weighted by atomic mass is 35.5. The number of fused-ring (bicyclic) bond motifs is 3. The number of benzene rings is 2. The van der Waals surface area contributed by atoms with E-state index in [0.717, 1.165) is 0 Å². The molecule has 1 aliphatic rings. The van der Waals surface area contributed by atoms with Crippen LogP contribution in [0.3, 0.4) is 0 Å². The van der Waals surface area contributed by atoms with Crippen LogP contribution in [0.2, 0.25) is 5.02 Å². The first-order valence-corrected chi connectivity index (χ1v) is 12.2. The smallest absolute Gasteiger partial charge is 0.166 e. The van der Waals surface area contributed by atoms with Crippen LogP contribution in [-0.4, -0.2) is 37.5 Å². The Morgan fingerprint density at radius 1 is 1.15 bits per heavy atom. The van der Waals surface area contributed by atoms with Crippen molar-refractivity contribution in [2.45, 2.75) is 25.0 Å². The van der Waals surface area contributed by atoms with Crippen molar-refractivity contribution in [3.63, 3.8) is 0 Å². The summed E-state index contributed by atoms with van der Waals surface area (Å²) >= 11 is 6.23. The first-order chi connectivity index (χ1) is 15.7. The minimum atomic E-state index is -4.38. The van der Waals surface area contributed by atoms with E-state index in [2.05, 4.69) is 0 Å². The SMILES string of the molecule is COc1cccc([C@H]2O[C@H](CCCS(=O)(=O)[O-])c3cccn3-c3c(F)cc(Cl)cc32)c1OC. The maximum atomic E-state index is 15.3. The summed E-state index contributed by atoms with van der Waals surface area (Å²) in [7, 11) is -1.37. The Morgan fingerprint density at radius 2 is 1.94 bits per heavy atom. The lowest BCUT2D eigenvalue weighted by molar-refractivity contribution is 0.000812. The Morgan fingerprint density at radius 3 is 2.64 bits per heavy atom. The van der Waals surface area contributed by atoms with Crippen LogP contribution >= 0.6 is 11.6 Å². The number of hydrogen-bond donors (Lipinski definition) is 0. The van der Waals surface area contributed by atoms with Gasteiger partial charge in [0.05, 0.1) is 41.8 Å². The third-order valence-corrected chi connectivity index (χ3v) is 6.57. The first kappa shape index (κ1) is 23.6. The van der Waals surface area contributed by atoms with Gasteiger partial charge in [-0.05, 0) is 43.2 Å². The highest BCUT2D eigenvalue weighted by molar-refractivity contribution is 7.85. The second-order valence-electron chi connectivity index (χ2n) is 7.62. The molecule has 0 amide bonds. The summed E-state index contributed by atoms with van der Waals surface area (Å²) in [4.78, 5) is 0. The molecule has 176 valence electrons. The molecule has 0 unspecified atom stereocenters. The molecule has 33 heavy (non-hydrogen) atoms. The lowest BCUT2D eigenvalue weighted by atomic mass is 9.98. The van der Waals surface area contributed by atoms with Crippen molar-refractivity contribution in [1.82, 2.24) is 4.57 Å². The molecule has 1 aliphatic heterocycles. The van der Waals surface area contributed by atoms with Crippen molar-refractivity contribution in [2.75, 3.05) is 20.0 Å². The highest BCUT2D eigenvalue weighted by Gasteiger charge is 2.34. The summed E-state index contributed by atoms with van der Waals surface area (Å²) in [6.45, 7) is 0. The molecule has 0 radical (unpaired) electrons. The summed E-state index contributed by atoms with van der Waals surface area (Å²) in [5.74, 6) is -0.161. The van der Waals surface area contributed by atoms with Crippen LogP contribution in [0.15, 0.2) is 48.7 Å². The van der Waals surface area contributed by atoms with Gasteiger partial charge >= 0.3 is 0 Å². The molecule has 10 heteroatoms. The molecule has 2 heterocycles. The van der Waals surface area contributed by atoms with Gasteiger partial charge in [-0.3, -0.25) is 0 Å². The van der Waals surface area contributed by atoms with E-state index in [4.69, 9.17) is 25.8 Å². The minimum Gasteiger partial charge on any atom is -0.748 e. The van der Waals surface area contributed by atoms with Crippen molar-refractivity contribution in [3.05, 3.63) is 76.3 Å². The van der Waals surface area contributed by atoms with Gasteiger partial charge in [-0.2, -0.15) is 0 Å². The van der Waals surface area contributed by atoms with Crippen LogP contribution in [0, 0.1) is 5.82 Å². The first-order valence-electron chi connectivity index (χ1n) is 10.2. The number of aromatic nitrogens is 1. The molecule has 2 aromatic carbocycles. The van der Waals surface area contributed by atoms with Gasteiger partial charge in [-0.15, -0.1) is 0 Å². The summed E-state index contributed by atoms with van der Waals surface area (Å²) in [5.41, 5.74) is 1.97. The molecule has 0 saturated heterocycles. The van der Waals surface area contributed by atoms with E-state index in [1.807, 2.05) is 0 Å². The summed E-state index contributed by atoms with van der Waals surface area (Å²) in [6.07, 6.45) is 0.581. The summed E-state index contributed by atoms with van der Waals surface area (Å²) in [6, 6.07) is 11.7. The maximum absolute atomic E-state index is 15.3. The number of halogens is 2. The average molecular weight is 495 g/mol. The van der Waals surface area contributed by atoms with Gasteiger partial charge in [0.15, 0.2) is 11.5 Å². The lowest BCUT2D eigenvalue weighted by Crippen LogP contribution is -2.13. The average Bonchev–Trinajstić information content (AvgIpc) is 3.18. The monoisotopic (exact) mass is 494 g/mol. The van der Waals surface area contributed by atoms with E-state index in [9.17, 15) is 13.0 Å². The van der Waals surface area contributed by atoms with Crippen LogP contribution < -0.4 is 9.47 Å². The quantitative estimate of drug-likeness (QED) is 0.439. The maximum Gasteiger partial charge on any atom is 0.166 e. The molecular formula is C23H22ClFNO6S-. The van der Waals surface area contributed by atoms with E-state index in [-0.39, 0.29) is 23.6 Å². The molecule has 4 rings (SSSR count).